The van der Waals surface area contributed by atoms with Crippen molar-refractivity contribution in [3.8, 4) is 0 Å². The maximum atomic E-state index is 11.8. The molecule has 2 aromatic rings. The summed E-state index contributed by atoms with van der Waals surface area (Å²) in [5.74, 6) is -0.679. The van der Waals surface area contributed by atoms with E-state index in [1.807, 2.05) is 60.7 Å². The van der Waals surface area contributed by atoms with Crippen molar-refractivity contribution in [2.45, 2.75) is 19.1 Å². The van der Waals surface area contributed by atoms with Crippen molar-refractivity contribution in [2.75, 3.05) is 0 Å². The van der Waals surface area contributed by atoms with Gasteiger partial charge in [-0.3, -0.25) is 4.79 Å². The molecule has 22 heavy (non-hydrogen) atoms. The standard InChI is InChI=1S/C17H17N2O3/c18-15(11-13-7-3-1-4-8-13)16(20)19-17(21)22-12-14-9-5-2-6-10-14/h1-10,15H,11-12,18H2/t15-/m0/s1. The average molecular weight is 297 g/mol. The zero-order valence-electron chi connectivity index (χ0n) is 12.0. The first-order valence-electron chi connectivity index (χ1n) is 6.91. The molecule has 0 unspecified atom stereocenters. The molecule has 0 saturated heterocycles. The van der Waals surface area contributed by atoms with Gasteiger partial charge in [0.25, 0.3) is 5.91 Å². The van der Waals surface area contributed by atoms with Gasteiger partial charge in [0, 0.05) is 0 Å². The maximum Gasteiger partial charge on any atom is 0.437 e. The molecule has 1 atom stereocenters. The summed E-state index contributed by atoms with van der Waals surface area (Å²) in [6.45, 7) is 0.0738. The molecule has 0 aliphatic rings. The first kappa shape index (κ1) is 15.7. The number of carbonyl (C=O) groups excluding carboxylic acids is 2. The lowest BCUT2D eigenvalue weighted by molar-refractivity contribution is -0.122. The van der Waals surface area contributed by atoms with Crippen LogP contribution in [0.5, 0.6) is 0 Å². The number of ether oxygens (including phenoxy) is 1. The molecule has 0 spiro atoms. The van der Waals surface area contributed by atoms with Crippen molar-refractivity contribution in [3.05, 3.63) is 71.8 Å². The number of carbonyl (C=O) groups is 2. The Balaban J connectivity index is 1.77. The lowest BCUT2D eigenvalue weighted by Gasteiger charge is -2.10. The Morgan fingerprint density at radius 1 is 0.955 bits per heavy atom. The lowest BCUT2D eigenvalue weighted by atomic mass is 10.1. The van der Waals surface area contributed by atoms with Crippen molar-refractivity contribution < 1.29 is 14.3 Å². The fourth-order valence-electron chi connectivity index (χ4n) is 1.88. The van der Waals surface area contributed by atoms with E-state index in [1.54, 1.807) is 0 Å². The molecule has 2 rings (SSSR count). The van der Waals surface area contributed by atoms with E-state index in [1.165, 1.54) is 0 Å². The van der Waals surface area contributed by atoms with Gasteiger partial charge >= 0.3 is 6.09 Å². The fraction of sp³-hybridized carbons (Fsp3) is 0.176. The number of benzene rings is 2. The number of nitrogens with zero attached hydrogens (tertiary/aromatic N) is 1. The van der Waals surface area contributed by atoms with Crippen LogP contribution >= 0.6 is 0 Å². The molecule has 2 N–H and O–H groups in total. The van der Waals surface area contributed by atoms with Crippen molar-refractivity contribution in [2.24, 2.45) is 5.73 Å². The van der Waals surface area contributed by atoms with Gasteiger partial charge in [-0.25, -0.2) is 4.79 Å². The van der Waals surface area contributed by atoms with E-state index in [2.05, 4.69) is 5.32 Å². The molecule has 0 aliphatic carbocycles. The number of hydrogen-bond acceptors (Lipinski definition) is 4. The van der Waals surface area contributed by atoms with Crippen LogP contribution in [0, 0.1) is 0 Å². The van der Waals surface area contributed by atoms with Crippen LogP contribution in [0.3, 0.4) is 0 Å². The van der Waals surface area contributed by atoms with Crippen LogP contribution in [0.1, 0.15) is 11.1 Å². The Labute approximate surface area is 129 Å². The van der Waals surface area contributed by atoms with Gasteiger partial charge in [0.15, 0.2) is 0 Å². The smallest absolute Gasteiger partial charge is 0.437 e. The summed E-state index contributed by atoms with van der Waals surface area (Å²) >= 11 is 0. The van der Waals surface area contributed by atoms with E-state index in [-0.39, 0.29) is 6.61 Å². The third kappa shape index (κ3) is 5.03. The molecule has 0 fully saturated rings. The monoisotopic (exact) mass is 297 g/mol. The predicted octanol–water partition coefficient (Wildman–Crippen LogP) is 2.02. The minimum Gasteiger partial charge on any atom is -0.443 e. The Hall–Kier alpha value is -2.66. The molecule has 5 nitrogen and oxygen atoms in total. The summed E-state index contributed by atoms with van der Waals surface area (Å²) in [6, 6.07) is 17.6. The molecule has 0 heterocycles. The Kier molecular flexibility index (Phi) is 5.68. The molecular formula is C17H17N2O3. The maximum absolute atomic E-state index is 11.8. The number of imide groups is 1. The Morgan fingerprint density at radius 3 is 2.09 bits per heavy atom. The van der Waals surface area contributed by atoms with Gasteiger partial charge in [-0.05, 0) is 17.5 Å². The van der Waals surface area contributed by atoms with Crippen LogP contribution in [0.4, 0.5) is 4.79 Å². The molecule has 0 aliphatic heterocycles. The summed E-state index contributed by atoms with van der Waals surface area (Å²) < 4.78 is 4.92. The van der Waals surface area contributed by atoms with Gasteiger partial charge in [-0.1, -0.05) is 60.7 Å². The summed E-state index contributed by atoms with van der Waals surface area (Å²) in [4.78, 5) is 23.3. The van der Waals surface area contributed by atoms with E-state index in [9.17, 15) is 9.59 Å². The normalized spacial score (nSPS) is 11.5. The molecular weight excluding hydrogens is 280 g/mol. The molecule has 113 valence electrons. The van der Waals surface area contributed by atoms with Gasteiger partial charge in [0.1, 0.15) is 6.61 Å². The zero-order chi connectivity index (χ0) is 15.8. The highest BCUT2D eigenvalue weighted by Crippen LogP contribution is 2.03. The van der Waals surface area contributed by atoms with Crippen molar-refractivity contribution in [3.63, 3.8) is 0 Å². The first-order valence-corrected chi connectivity index (χ1v) is 6.91. The number of hydrogen-bond donors (Lipinski definition) is 1. The molecule has 5 heteroatoms. The van der Waals surface area contributed by atoms with Gasteiger partial charge in [-0.15, -0.1) is 5.32 Å². The quantitative estimate of drug-likeness (QED) is 0.915. The van der Waals surface area contributed by atoms with Crippen LogP contribution in [-0.4, -0.2) is 18.0 Å². The second-order valence-corrected chi connectivity index (χ2v) is 4.79. The van der Waals surface area contributed by atoms with Gasteiger partial charge in [0.2, 0.25) is 0 Å². The Bertz CT molecular complexity index is 614. The molecule has 0 bridgehead atoms. The minimum atomic E-state index is -0.919. The van der Waals surface area contributed by atoms with Gasteiger partial charge in [-0.2, -0.15) is 0 Å². The van der Waals surface area contributed by atoms with E-state index in [4.69, 9.17) is 10.5 Å². The number of nitrogens with two attached hydrogens (primary N) is 1. The number of amides is 2. The molecule has 2 amide bonds. The highest BCUT2D eigenvalue weighted by atomic mass is 16.5. The molecule has 1 radical (unpaired) electrons. The molecule has 2 aromatic carbocycles. The third-order valence-corrected chi connectivity index (χ3v) is 3.02. The minimum absolute atomic E-state index is 0.0738. The summed E-state index contributed by atoms with van der Waals surface area (Å²) in [5.41, 5.74) is 7.49. The second kappa shape index (κ2) is 7.95. The molecule has 0 aromatic heterocycles. The van der Waals surface area contributed by atoms with Crippen LogP contribution in [-0.2, 0) is 22.6 Å². The van der Waals surface area contributed by atoms with Crippen LogP contribution in [0.25, 0.3) is 0 Å². The van der Waals surface area contributed by atoms with Gasteiger partial charge in [0.05, 0.1) is 6.04 Å². The number of rotatable bonds is 5. The highest BCUT2D eigenvalue weighted by Gasteiger charge is 2.19. The van der Waals surface area contributed by atoms with E-state index >= 15 is 0 Å². The van der Waals surface area contributed by atoms with Crippen molar-refractivity contribution in [1.82, 2.24) is 5.32 Å². The predicted molar refractivity (Wildman–Crippen MR) is 81.9 cm³/mol. The largest absolute Gasteiger partial charge is 0.443 e. The van der Waals surface area contributed by atoms with Crippen molar-refractivity contribution >= 4 is 12.0 Å². The summed E-state index contributed by atoms with van der Waals surface area (Å²) in [7, 11) is 0. The topological polar surface area (TPSA) is 83.5 Å². The van der Waals surface area contributed by atoms with E-state index in [0.29, 0.717) is 6.42 Å². The second-order valence-electron chi connectivity index (χ2n) is 4.79. The van der Waals surface area contributed by atoms with Crippen LogP contribution in [0.15, 0.2) is 60.7 Å². The molecule has 0 saturated carbocycles. The van der Waals surface area contributed by atoms with Crippen LogP contribution < -0.4 is 11.1 Å². The average Bonchev–Trinajstić information content (AvgIpc) is 2.55. The van der Waals surface area contributed by atoms with Crippen molar-refractivity contribution in [1.29, 1.82) is 0 Å². The van der Waals surface area contributed by atoms with Gasteiger partial charge < -0.3 is 10.5 Å². The summed E-state index contributed by atoms with van der Waals surface area (Å²) in [5, 5.41) is 3.36. The SMILES string of the molecule is N[C@@H](Cc1ccccc1)C(=O)[N]C(=O)OCc1ccccc1. The first-order chi connectivity index (χ1) is 10.6. The van der Waals surface area contributed by atoms with E-state index in [0.717, 1.165) is 11.1 Å². The van der Waals surface area contributed by atoms with Crippen LogP contribution in [0.2, 0.25) is 0 Å². The summed E-state index contributed by atoms with van der Waals surface area (Å²) in [6.07, 6.45) is -0.591. The lowest BCUT2D eigenvalue weighted by Crippen LogP contribution is -2.40. The Morgan fingerprint density at radius 2 is 1.50 bits per heavy atom. The highest BCUT2D eigenvalue weighted by molar-refractivity contribution is 5.94. The zero-order valence-corrected chi connectivity index (χ0v) is 12.0. The van der Waals surface area contributed by atoms with E-state index < -0.39 is 18.0 Å². The fourth-order valence-corrected chi connectivity index (χ4v) is 1.88. The third-order valence-electron chi connectivity index (χ3n) is 3.02.